The Hall–Kier alpha value is -1.63. The Bertz CT molecular complexity index is 902. The average molecular weight is 793 g/mol. The monoisotopic (exact) mass is 793 g/mol. The molecule has 7 nitrogen and oxygen atoms in total. The first-order valence-corrected chi connectivity index (χ1v) is 24.0. The molecule has 0 rings (SSSR count). The van der Waals surface area contributed by atoms with E-state index >= 15 is 0 Å². The van der Waals surface area contributed by atoms with Crippen LogP contribution in [0.3, 0.4) is 0 Å². The van der Waals surface area contributed by atoms with Crippen LogP contribution in [-0.4, -0.2) is 61.1 Å². The molecule has 0 fully saturated rings. The molecule has 1 N–H and O–H groups in total. The van der Waals surface area contributed by atoms with Crippen molar-refractivity contribution in [2.45, 2.75) is 229 Å². The van der Waals surface area contributed by atoms with E-state index in [1.54, 1.807) is 0 Å². The third kappa shape index (κ3) is 31.4. The maximum absolute atomic E-state index is 13.1. The number of ether oxygens (including phenoxy) is 2. The summed E-state index contributed by atoms with van der Waals surface area (Å²) in [6, 6.07) is 0. The summed E-state index contributed by atoms with van der Waals surface area (Å²) in [7, 11) is 0. The van der Waals surface area contributed by atoms with E-state index < -0.39 is 0 Å². The predicted octanol–water partition coefficient (Wildman–Crippen LogP) is 13.1. The molecule has 1 amide bonds. The van der Waals surface area contributed by atoms with Crippen LogP contribution in [0, 0.1) is 35.5 Å². The fraction of sp³-hybridized carbons (Fsp3) is 0.939. The SMILES string of the molecule is CCN(CC)CCC(=O)NC(C)(CCCCCCCCCC(=O)OCC(CCC(C)C)C(C)C)CCCCCCCCCC(=O)OCC(CCC(C)C)C(C)C. The van der Waals surface area contributed by atoms with E-state index in [0.29, 0.717) is 68.0 Å². The summed E-state index contributed by atoms with van der Waals surface area (Å²) in [6.45, 7) is 28.4. The molecule has 0 aliphatic heterocycles. The third-order valence-electron chi connectivity index (χ3n) is 12.2. The molecular formula is C49H96N2O5. The number of nitrogens with one attached hydrogen (secondary N) is 1. The van der Waals surface area contributed by atoms with E-state index in [1.165, 1.54) is 51.4 Å². The molecule has 332 valence electrons. The van der Waals surface area contributed by atoms with Gasteiger partial charge in [-0.15, -0.1) is 0 Å². The molecule has 0 saturated carbocycles. The van der Waals surface area contributed by atoms with E-state index in [4.69, 9.17) is 9.47 Å². The molecule has 0 radical (unpaired) electrons. The van der Waals surface area contributed by atoms with E-state index in [-0.39, 0.29) is 23.4 Å². The van der Waals surface area contributed by atoms with Gasteiger partial charge in [0.25, 0.3) is 0 Å². The second-order valence-electron chi connectivity index (χ2n) is 19.2. The van der Waals surface area contributed by atoms with Crippen LogP contribution in [0.2, 0.25) is 0 Å². The summed E-state index contributed by atoms with van der Waals surface area (Å²) in [5, 5.41) is 3.47. The number of nitrogens with zero attached hydrogens (tertiary/aromatic N) is 1. The Morgan fingerprint density at radius 1 is 0.518 bits per heavy atom. The van der Waals surface area contributed by atoms with Crippen molar-refractivity contribution in [3.05, 3.63) is 0 Å². The number of carbonyl (C=O) groups excluding carboxylic acids is 3. The number of hydrogen-bond donors (Lipinski definition) is 1. The minimum absolute atomic E-state index is 0.0319. The number of esters is 2. The predicted molar refractivity (Wildman–Crippen MR) is 239 cm³/mol. The van der Waals surface area contributed by atoms with Crippen molar-refractivity contribution in [1.82, 2.24) is 10.2 Å². The molecule has 0 saturated heterocycles. The molecule has 0 aromatic carbocycles. The van der Waals surface area contributed by atoms with Gasteiger partial charge in [0.15, 0.2) is 0 Å². The van der Waals surface area contributed by atoms with E-state index in [2.05, 4.69) is 86.4 Å². The minimum Gasteiger partial charge on any atom is -0.465 e. The van der Waals surface area contributed by atoms with E-state index in [1.807, 2.05) is 0 Å². The summed E-state index contributed by atoms with van der Waals surface area (Å²) in [5.41, 5.74) is -0.159. The summed E-state index contributed by atoms with van der Waals surface area (Å²) in [5.74, 6) is 3.49. The third-order valence-corrected chi connectivity index (χ3v) is 12.2. The van der Waals surface area contributed by atoms with Crippen LogP contribution < -0.4 is 5.32 Å². The Morgan fingerprint density at radius 3 is 1.21 bits per heavy atom. The number of amides is 1. The van der Waals surface area contributed by atoms with Gasteiger partial charge in [0.2, 0.25) is 5.91 Å². The Kier molecular flexibility index (Phi) is 33.3. The van der Waals surface area contributed by atoms with Gasteiger partial charge in [-0.2, -0.15) is 0 Å². The van der Waals surface area contributed by atoms with Crippen molar-refractivity contribution < 1.29 is 23.9 Å². The van der Waals surface area contributed by atoms with Crippen LogP contribution in [0.15, 0.2) is 0 Å². The smallest absolute Gasteiger partial charge is 0.305 e. The fourth-order valence-corrected chi connectivity index (χ4v) is 7.64. The normalized spacial score (nSPS) is 14.1. The molecule has 0 aromatic rings. The van der Waals surface area contributed by atoms with Crippen LogP contribution in [0.1, 0.15) is 224 Å². The van der Waals surface area contributed by atoms with Gasteiger partial charge in [-0.25, -0.2) is 0 Å². The zero-order valence-electron chi connectivity index (χ0n) is 39.3. The summed E-state index contributed by atoms with van der Waals surface area (Å²) in [6.07, 6.45) is 24.1. The van der Waals surface area contributed by atoms with Crippen LogP contribution >= 0.6 is 0 Å². The number of hydrogen-bond acceptors (Lipinski definition) is 6. The molecular weight excluding hydrogens is 697 g/mol. The van der Waals surface area contributed by atoms with Gasteiger partial charge < -0.3 is 19.7 Å². The molecule has 0 aliphatic rings. The van der Waals surface area contributed by atoms with Crippen LogP contribution in [0.5, 0.6) is 0 Å². The minimum atomic E-state index is -0.159. The second-order valence-corrected chi connectivity index (χ2v) is 19.2. The molecule has 0 aromatic heterocycles. The lowest BCUT2D eigenvalue weighted by molar-refractivity contribution is -0.146. The van der Waals surface area contributed by atoms with Crippen LogP contribution in [0.25, 0.3) is 0 Å². The van der Waals surface area contributed by atoms with Crippen LogP contribution in [0.4, 0.5) is 0 Å². The highest BCUT2D eigenvalue weighted by atomic mass is 16.5. The van der Waals surface area contributed by atoms with Gasteiger partial charge in [-0.05, 0) is 94.0 Å². The first-order chi connectivity index (χ1) is 26.6. The molecule has 0 bridgehead atoms. The zero-order chi connectivity index (χ0) is 42.2. The van der Waals surface area contributed by atoms with E-state index in [0.717, 1.165) is 96.7 Å². The van der Waals surface area contributed by atoms with Crippen molar-refractivity contribution >= 4 is 17.8 Å². The summed E-state index contributed by atoms with van der Waals surface area (Å²) in [4.78, 5) is 40.1. The first-order valence-electron chi connectivity index (χ1n) is 24.0. The largest absolute Gasteiger partial charge is 0.465 e. The van der Waals surface area contributed by atoms with Gasteiger partial charge in [-0.3, -0.25) is 14.4 Å². The lowest BCUT2D eigenvalue weighted by atomic mass is 9.87. The average Bonchev–Trinajstić information content (AvgIpc) is 3.13. The maximum Gasteiger partial charge on any atom is 0.305 e. The lowest BCUT2D eigenvalue weighted by Crippen LogP contribution is -2.46. The summed E-state index contributed by atoms with van der Waals surface area (Å²) >= 11 is 0. The Balaban J connectivity index is 4.44. The number of unbranched alkanes of at least 4 members (excludes halogenated alkanes) is 12. The van der Waals surface area contributed by atoms with Crippen molar-refractivity contribution in [1.29, 1.82) is 0 Å². The zero-order valence-corrected chi connectivity index (χ0v) is 39.3. The quantitative estimate of drug-likeness (QED) is 0.0495. The highest BCUT2D eigenvalue weighted by Crippen LogP contribution is 2.25. The van der Waals surface area contributed by atoms with Gasteiger partial charge >= 0.3 is 11.9 Å². The first kappa shape index (κ1) is 54.4. The topological polar surface area (TPSA) is 84.9 Å². The molecule has 2 unspecified atom stereocenters. The van der Waals surface area contributed by atoms with Crippen molar-refractivity contribution in [2.75, 3.05) is 32.8 Å². The Morgan fingerprint density at radius 2 is 0.875 bits per heavy atom. The van der Waals surface area contributed by atoms with Crippen molar-refractivity contribution in [2.24, 2.45) is 35.5 Å². The van der Waals surface area contributed by atoms with Crippen LogP contribution in [-0.2, 0) is 23.9 Å². The molecule has 0 heterocycles. The lowest BCUT2D eigenvalue weighted by Gasteiger charge is -2.32. The van der Waals surface area contributed by atoms with Gasteiger partial charge in [0, 0.05) is 31.3 Å². The second kappa shape index (κ2) is 34.3. The summed E-state index contributed by atoms with van der Waals surface area (Å²) < 4.78 is 11.3. The molecule has 2 atom stereocenters. The molecule has 0 aliphatic carbocycles. The molecule has 56 heavy (non-hydrogen) atoms. The number of carbonyl (C=O) groups is 3. The molecule has 7 heteroatoms. The fourth-order valence-electron chi connectivity index (χ4n) is 7.64. The maximum atomic E-state index is 13.1. The van der Waals surface area contributed by atoms with Gasteiger partial charge in [0.1, 0.15) is 0 Å². The highest BCUT2D eigenvalue weighted by Gasteiger charge is 2.25. The highest BCUT2D eigenvalue weighted by molar-refractivity contribution is 5.77. The van der Waals surface area contributed by atoms with Crippen molar-refractivity contribution in [3.8, 4) is 0 Å². The molecule has 0 spiro atoms. The Labute approximate surface area is 348 Å². The number of rotatable bonds is 38. The van der Waals surface area contributed by atoms with E-state index in [9.17, 15) is 14.4 Å². The standard InChI is InChI=1S/C49H96N2O5/c1-12-51(13-2)37-34-46(52)50-49(11,35-26-22-18-14-16-20-24-28-47(53)55-38-44(42(7)8)32-30-40(3)4)36-27-23-19-15-17-21-25-29-48(54)56-39-45(43(9)10)33-31-41(5)6/h40-45H,12-39H2,1-11H3,(H,50,52). The van der Waals surface area contributed by atoms with Gasteiger partial charge in [0.05, 0.1) is 13.2 Å². The van der Waals surface area contributed by atoms with Gasteiger partial charge in [-0.1, -0.05) is 159 Å². The van der Waals surface area contributed by atoms with Crippen molar-refractivity contribution in [3.63, 3.8) is 0 Å².